The van der Waals surface area contributed by atoms with Crippen LogP contribution in [0.4, 0.5) is 0 Å². The number of carbonyl (C=O) groups excluding carboxylic acids is 2. The van der Waals surface area contributed by atoms with Gasteiger partial charge in [0.05, 0.1) is 0 Å². The number of ether oxygens (including phenoxy) is 1. The van der Waals surface area contributed by atoms with Gasteiger partial charge >= 0.3 is 11.9 Å². The number of rotatable bonds is 12. The summed E-state index contributed by atoms with van der Waals surface area (Å²) in [6.45, 7) is 4.32. The summed E-state index contributed by atoms with van der Waals surface area (Å²) in [5.74, 6) is -0.704. The Morgan fingerprint density at radius 2 is 1.00 bits per heavy atom. The van der Waals surface area contributed by atoms with E-state index >= 15 is 0 Å². The van der Waals surface area contributed by atoms with Crippen molar-refractivity contribution in [1.82, 2.24) is 0 Å². The van der Waals surface area contributed by atoms with E-state index in [1.54, 1.807) is 0 Å². The predicted octanol–water partition coefficient (Wildman–Crippen LogP) is 4.89. The molecule has 0 fully saturated rings. The molecule has 0 atom stereocenters. The molecule has 0 spiro atoms. The zero-order valence-corrected chi connectivity index (χ0v) is 14.2. The number of hydrogen-bond acceptors (Lipinski definition) is 3. The Hall–Kier alpha value is -0.510. The first-order chi connectivity index (χ1) is 9.20. The fraction of sp³-hybridized carbons (Fsp3) is 0.875. The van der Waals surface area contributed by atoms with Crippen LogP contribution in [0.1, 0.15) is 90.9 Å². The summed E-state index contributed by atoms with van der Waals surface area (Å²) in [5, 5.41) is 0. The number of hydrogen-bond donors (Lipinski definition) is 0. The van der Waals surface area contributed by atoms with E-state index in [9.17, 15) is 9.59 Å². The maximum atomic E-state index is 11.4. The van der Waals surface area contributed by atoms with E-state index in [4.69, 9.17) is 4.74 Å². The monoisotopic (exact) mass is 304 g/mol. The minimum Gasteiger partial charge on any atom is -0.393 e. The van der Waals surface area contributed by atoms with Crippen molar-refractivity contribution in [3.05, 3.63) is 0 Å². The van der Waals surface area contributed by atoms with Gasteiger partial charge in [-0.15, -0.1) is 0 Å². The van der Waals surface area contributed by atoms with Gasteiger partial charge in [-0.2, -0.15) is 13.5 Å². The average Bonchev–Trinajstić information content (AvgIpc) is 2.38. The number of carbonyl (C=O) groups is 2. The smallest absolute Gasteiger partial charge is 0.313 e. The highest BCUT2D eigenvalue weighted by atomic mass is 32.1. The highest BCUT2D eigenvalue weighted by Gasteiger charge is 2.09. The molecule has 0 saturated carbocycles. The quantitative estimate of drug-likeness (QED) is 0.293. The zero-order chi connectivity index (χ0) is 14.3. The van der Waals surface area contributed by atoms with Crippen LogP contribution in [0.25, 0.3) is 0 Å². The fourth-order valence-corrected chi connectivity index (χ4v) is 1.97. The van der Waals surface area contributed by atoms with Crippen molar-refractivity contribution in [3.63, 3.8) is 0 Å². The van der Waals surface area contributed by atoms with Gasteiger partial charge in [-0.05, 0) is 12.8 Å². The lowest BCUT2D eigenvalue weighted by atomic mass is 10.1. The fourth-order valence-electron chi connectivity index (χ4n) is 1.97. The van der Waals surface area contributed by atoms with Gasteiger partial charge in [0, 0.05) is 12.8 Å². The summed E-state index contributed by atoms with van der Waals surface area (Å²) in [4.78, 5) is 22.8. The van der Waals surface area contributed by atoms with E-state index in [-0.39, 0.29) is 25.4 Å². The highest BCUT2D eigenvalue weighted by Crippen LogP contribution is 2.08. The third-order valence-corrected chi connectivity index (χ3v) is 3.20. The minimum atomic E-state index is -0.352. The summed E-state index contributed by atoms with van der Waals surface area (Å²) in [7, 11) is 0. The van der Waals surface area contributed by atoms with Crippen LogP contribution in [0.5, 0.6) is 0 Å². The van der Waals surface area contributed by atoms with Gasteiger partial charge in [0.1, 0.15) is 0 Å². The van der Waals surface area contributed by atoms with Crippen molar-refractivity contribution < 1.29 is 14.3 Å². The van der Waals surface area contributed by atoms with Crippen molar-refractivity contribution in [2.75, 3.05) is 0 Å². The van der Waals surface area contributed by atoms with E-state index in [0.29, 0.717) is 12.8 Å². The number of unbranched alkanes of at least 4 members (excludes halogenated alkanes) is 8. The van der Waals surface area contributed by atoms with E-state index in [2.05, 4.69) is 13.8 Å². The molecule has 3 nitrogen and oxygen atoms in total. The SMILES string of the molecule is CCCCCCCC(=O)OC(=O)CCCCCCC.S. The maximum Gasteiger partial charge on any atom is 0.313 e. The maximum absolute atomic E-state index is 11.4. The van der Waals surface area contributed by atoms with E-state index < -0.39 is 0 Å². The summed E-state index contributed by atoms with van der Waals surface area (Å²) < 4.78 is 4.79. The van der Waals surface area contributed by atoms with Crippen molar-refractivity contribution in [3.8, 4) is 0 Å². The van der Waals surface area contributed by atoms with E-state index in [1.165, 1.54) is 25.7 Å². The van der Waals surface area contributed by atoms with Gasteiger partial charge in [0.2, 0.25) is 0 Å². The van der Waals surface area contributed by atoms with Crippen LogP contribution in [0.2, 0.25) is 0 Å². The topological polar surface area (TPSA) is 43.4 Å². The molecule has 0 radical (unpaired) electrons. The first-order valence-electron chi connectivity index (χ1n) is 7.94. The Kier molecular flexibility index (Phi) is 18.0. The second-order valence-electron chi connectivity index (χ2n) is 5.17. The standard InChI is InChI=1S/C16H30O3.H2S/c1-3-5-7-9-11-13-15(17)19-16(18)14-12-10-8-6-4-2;/h3-14H2,1-2H3;1H2. The van der Waals surface area contributed by atoms with Crippen LogP contribution >= 0.6 is 13.5 Å². The molecule has 0 unspecified atom stereocenters. The first-order valence-corrected chi connectivity index (χ1v) is 7.94. The molecular weight excluding hydrogens is 272 g/mol. The molecule has 0 rings (SSSR count). The molecule has 0 aliphatic rings. The molecule has 4 heteroatoms. The van der Waals surface area contributed by atoms with E-state index in [1.807, 2.05) is 0 Å². The molecule has 0 aromatic heterocycles. The van der Waals surface area contributed by atoms with Gasteiger partial charge in [0.25, 0.3) is 0 Å². The van der Waals surface area contributed by atoms with Gasteiger partial charge in [0.15, 0.2) is 0 Å². The summed E-state index contributed by atoms with van der Waals surface area (Å²) >= 11 is 0. The second-order valence-corrected chi connectivity index (χ2v) is 5.17. The summed E-state index contributed by atoms with van der Waals surface area (Å²) in [5.41, 5.74) is 0. The van der Waals surface area contributed by atoms with Crippen molar-refractivity contribution in [2.24, 2.45) is 0 Å². The van der Waals surface area contributed by atoms with Gasteiger partial charge in [-0.3, -0.25) is 9.59 Å². The van der Waals surface area contributed by atoms with E-state index in [0.717, 1.165) is 38.5 Å². The molecule has 0 aliphatic heterocycles. The molecule has 0 aromatic carbocycles. The normalized spacial score (nSPS) is 9.90. The summed E-state index contributed by atoms with van der Waals surface area (Å²) in [6.07, 6.45) is 11.7. The Bertz CT molecular complexity index is 218. The molecule has 120 valence electrons. The molecule has 0 heterocycles. The molecule has 0 bridgehead atoms. The Balaban J connectivity index is 0. The zero-order valence-electron chi connectivity index (χ0n) is 13.2. The average molecular weight is 304 g/mol. The Morgan fingerprint density at radius 3 is 1.35 bits per heavy atom. The lowest BCUT2D eigenvalue weighted by Gasteiger charge is -2.03. The largest absolute Gasteiger partial charge is 0.393 e. The molecule has 0 N–H and O–H groups in total. The van der Waals surface area contributed by atoms with Crippen LogP contribution in [-0.4, -0.2) is 11.9 Å². The second kappa shape index (κ2) is 16.5. The molecule has 0 saturated heterocycles. The minimum absolute atomic E-state index is 0. The molecule has 0 amide bonds. The van der Waals surface area contributed by atoms with Gasteiger partial charge in [-0.1, -0.05) is 65.2 Å². The third-order valence-electron chi connectivity index (χ3n) is 3.20. The van der Waals surface area contributed by atoms with Crippen molar-refractivity contribution in [1.29, 1.82) is 0 Å². The van der Waals surface area contributed by atoms with Crippen LogP contribution in [0, 0.1) is 0 Å². The molecule has 0 aromatic rings. The summed E-state index contributed by atoms with van der Waals surface area (Å²) in [6, 6.07) is 0. The lowest BCUT2D eigenvalue weighted by Crippen LogP contribution is -2.11. The molecule has 0 aliphatic carbocycles. The Labute approximate surface area is 131 Å². The highest BCUT2D eigenvalue weighted by molar-refractivity contribution is 7.59. The predicted molar refractivity (Wildman–Crippen MR) is 88.2 cm³/mol. The van der Waals surface area contributed by atoms with Gasteiger partial charge < -0.3 is 4.74 Å². The first kappa shape index (κ1) is 21.8. The Morgan fingerprint density at radius 1 is 0.650 bits per heavy atom. The van der Waals surface area contributed by atoms with Crippen molar-refractivity contribution >= 4 is 25.4 Å². The molecule has 20 heavy (non-hydrogen) atoms. The lowest BCUT2D eigenvalue weighted by molar-refractivity contribution is -0.159. The van der Waals surface area contributed by atoms with Crippen LogP contribution < -0.4 is 0 Å². The van der Waals surface area contributed by atoms with Crippen LogP contribution in [0.3, 0.4) is 0 Å². The third kappa shape index (κ3) is 15.5. The van der Waals surface area contributed by atoms with Crippen LogP contribution in [0.15, 0.2) is 0 Å². The van der Waals surface area contributed by atoms with Crippen molar-refractivity contribution in [2.45, 2.75) is 90.9 Å². The van der Waals surface area contributed by atoms with Crippen LogP contribution in [-0.2, 0) is 14.3 Å². The number of esters is 2. The van der Waals surface area contributed by atoms with Gasteiger partial charge in [-0.25, -0.2) is 0 Å². The molecular formula is C16H32O3S.